The lowest BCUT2D eigenvalue weighted by molar-refractivity contribution is -0.0630. The van der Waals surface area contributed by atoms with E-state index in [2.05, 4.69) is 32.6 Å². The minimum Gasteiger partial charge on any atom is -0.389 e. The predicted octanol–water partition coefficient (Wildman–Crippen LogP) is 3.31. The molecule has 4 atom stereocenters. The van der Waals surface area contributed by atoms with E-state index in [0.717, 1.165) is 44.3 Å². The van der Waals surface area contributed by atoms with Gasteiger partial charge >= 0.3 is 0 Å². The Labute approximate surface area is 131 Å². The lowest BCUT2D eigenvalue weighted by Gasteiger charge is -2.39. The highest BCUT2D eigenvalue weighted by Gasteiger charge is 2.32. The third-order valence-electron chi connectivity index (χ3n) is 5.08. The summed E-state index contributed by atoms with van der Waals surface area (Å²) in [5.41, 5.74) is 0.385. The Balaban J connectivity index is 1.69. The molecule has 0 spiro atoms. The number of hydrogen-bond donors (Lipinski definition) is 1. The third-order valence-corrected chi connectivity index (χ3v) is 5.08. The molecule has 1 saturated carbocycles. The van der Waals surface area contributed by atoms with E-state index in [0.29, 0.717) is 18.1 Å². The van der Waals surface area contributed by atoms with Crippen molar-refractivity contribution in [3.05, 3.63) is 0 Å². The molecule has 0 aromatic rings. The van der Waals surface area contributed by atoms with Crippen LogP contribution in [0.1, 0.15) is 59.8 Å². The normalized spacial score (nSPS) is 35.6. The van der Waals surface area contributed by atoms with Gasteiger partial charge in [-0.15, -0.1) is 0 Å². The predicted molar refractivity (Wildman–Crippen MR) is 87.4 cm³/mol. The van der Waals surface area contributed by atoms with Crippen LogP contribution in [0.15, 0.2) is 0 Å². The van der Waals surface area contributed by atoms with E-state index in [9.17, 15) is 5.11 Å². The number of rotatable bonds is 5. The second kappa shape index (κ2) is 7.43. The number of hydrogen-bond acceptors (Lipinski definition) is 3. The molecular formula is C18H35NO2. The SMILES string of the molecule is C[C@@H]1CCCN(C[C@H](O)CO[C@@H]2C[C@H](C)CC(C)(C)C2)C1. The van der Waals surface area contributed by atoms with Gasteiger partial charge in [0.1, 0.15) is 0 Å². The van der Waals surface area contributed by atoms with E-state index in [4.69, 9.17) is 4.74 Å². The smallest absolute Gasteiger partial charge is 0.0900 e. The number of β-amino-alcohol motifs (C(OH)–C–C–N with tert-alkyl or cyclic N) is 1. The molecule has 1 saturated heterocycles. The van der Waals surface area contributed by atoms with Crippen molar-refractivity contribution < 1.29 is 9.84 Å². The molecule has 0 radical (unpaired) electrons. The van der Waals surface area contributed by atoms with Crippen LogP contribution in [-0.4, -0.2) is 48.5 Å². The van der Waals surface area contributed by atoms with Crippen LogP contribution in [0, 0.1) is 17.3 Å². The number of ether oxygens (including phenoxy) is 1. The Morgan fingerprint density at radius 3 is 2.67 bits per heavy atom. The van der Waals surface area contributed by atoms with Crippen LogP contribution in [-0.2, 0) is 4.74 Å². The zero-order valence-corrected chi connectivity index (χ0v) is 14.5. The topological polar surface area (TPSA) is 32.7 Å². The lowest BCUT2D eigenvalue weighted by Crippen LogP contribution is -2.42. The molecule has 1 aliphatic heterocycles. The van der Waals surface area contributed by atoms with Gasteiger partial charge in [-0.3, -0.25) is 0 Å². The highest BCUT2D eigenvalue weighted by atomic mass is 16.5. The van der Waals surface area contributed by atoms with E-state index in [1.165, 1.54) is 19.3 Å². The summed E-state index contributed by atoms with van der Waals surface area (Å²) < 4.78 is 6.04. The van der Waals surface area contributed by atoms with Gasteiger partial charge in [0.15, 0.2) is 0 Å². The van der Waals surface area contributed by atoms with Crippen molar-refractivity contribution in [2.75, 3.05) is 26.2 Å². The number of piperidine rings is 1. The van der Waals surface area contributed by atoms with Gasteiger partial charge in [-0.2, -0.15) is 0 Å². The Kier molecular flexibility index (Phi) is 6.10. The van der Waals surface area contributed by atoms with Gasteiger partial charge in [0, 0.05) is 13.1 Å². The Hall–Kier alpha value is -0.120. The van der Waals surface area contributed by atoms with Crippen LogP contribution >= 0.6 is 0 Å². The minimum absolute atomic E-state index is 0.332. The zero-order valence-electron chi connectivity index (χ0n) is 14.5. The first-order valence-electron chi connectivity index (χ1n) is 8.86. The summed E-state index contributed by atoms with van der Waals surface area (Å²) in [6, 6.07) is 0. The Morgan fingerprint density at radius 1 is 1.24 bits per heavy atom. The highest BCUT2D eigenvalue weighted by molar-refractivity contribution is 4.83. The van der Waals surface area contributed by atoms with Gasteiger partial charge in [-0.05, 0) is 55.9 Å². The van der Waals surface area contributed by atoms with Crippen LogP contribution in [0.2, 0.25) is 0 Å². The molecule has 0 bridgehead atoms. The molecule has 2 fully saturated rings. The number of aliphatic hydroxyl groups excluding tert-OH is 1. The Morgan fingerprint density at radius 2 is 2.00 bits per heavy atom. The number of aliphatic hydroxyl groups is 1. The fourth-order valence-electron chi connectivity index (χ4n) is 4.44. The fraction of sp³-hybridized carbons (Fsp3) is 1.00. The first kappa shape index (κ1) is 17.2. The maximum absolute atomic E-state index is 10.2. The molecular weight excluding hydrogens is 262 g/mol. The lowest BCUT2D eigenvalue weighted by atomic mass is 9.71. The molecule has 2 aliphatic rings. The molecule has 3 heteroatoms. The largest absolute Gasteiger partial charge is 0.389 e. The van der Waals surface area contributed by atoms with Crippen LogP contribution in [0.4, 0.5) is 0 Å². The van der Waals surface area contributed by atoms with Gasteiger partial charge in [-0.25, -0.2) is 0 Å². The second-order valence-electron chi connectivity index (χ2n) is 8.53. The van der Waals surface area contributed by atoms with Crippen molar-refractivity contribution in [2.24, 2.45) is 17.3 Å². The first-order valence-corrected chi connectivity index (χ1v) is 8.86. The summed E-state index contributed by atoms with van der Waals surface area (Å²) in [6.07, 6.45) is 6.17. The summed E-state index contributed by atoms with van der Waals surface area (Å²) in [5, 5.41) is 10.2. The molecule has 3 nitrogen and oxygen atoms in total. The van der Waals surface area contributed by atoms with Crippen LogP contribution < -0.4 is 0 Å². The van der Waals surface area contributed by atoms with Crippen LogP contribution in [0.3, 0.4) is 0 Å². The zero-order chi connectivity index (χ0) is 15.5. The van der Waals surface area contributed by atoms with Crippen LogP contribution in [0.5, 0.6) is 0 Å². The maximum Gasteiger partial charge on any atom is 0.0900 e. The van der Waals surface area contributed by atoms with Gasteiger partial charge in [0.2, 0.25) is 0 Å². The van der Waals surface area contributed by atoms with Crippen molar-refractivity contribution in [1.82, 2.24) is 4.90 Å². The van der Waals surface area contributed by atoms with E-state index in [-0.39, 0.29) is 6.10 Å². The summed E-state index contributed by atoms with van der Waals surface area (Å²) in [4.78, 5) is 2.40. The molecule has 0 aromatic carbocycles. The minimum atomic E-state index is -0.337. The standard InChI is InChI=1S/C18H35NO2/c1-14-6-5-7-19(11-14)12-16(20)13-21-17-8-15(2)9-18(3,4)10-17/h14-17,20H,5-13H2,1-4H3/t14-,15+,16+,17-/m1/s1. The van der Waals surface area contributed by atoms with Crippen molar-refractivity contribution in [1.29, 1.82) is 0 Å². The van der Waals surface area contributed by atoms with Crippen molar-refractivity contribution in [3.63, 3.8) is 0 Å². The van der Waals surface area contributed by atoms with Crippen molar-refractivity contribution >= 4 is 0 Å². The van der Waals surface area contributed by atoms with Gasteiger partial charge < -0.3 is 14.7 Å². The fourth-order valence-corrected chi connectivity index (χ4v) is 4.44. The monoisotopic (exact) mass is 297 g/mol. The van der Waals surface area contributed by atoms with Gasteiger partial charge in [-0.1, -0.05) is 27.7 Å². The summed E-state index contributed by atoms with van der Waals surface area (Å²) in [5.74, 6) is 1.51. The second-order valence-corrected chi connectivity index (χ2v) is 8.53. The highest BCUT2D eigenvalue weighted by Crippen LogP contribution is 2.39. The van der Waals surface area contributed by atoms with Gasteiger partial charge in [0.25, 0.3) is 0 Å². The summed E-state index contributed by atoms with van der Waals surface area (Å²) in [6.45, 7) is 12.8. The third kappa shape index (κ3) is 5.88. The first-order chi connectivity index (χ1) is 9.84. The average Bonchev–Trinajstić information content (AvgIpc) is 2.34. The van der Waals surface area contributed by atoms with Crippen LogP contribution in [0.25, 0.3) is 0 Å². The molecule has 2 rings (SSSR count). The van der Waals surface area contributed by atoms with Gasteiger partial charge in [0.05, 0.1) is 18.8 Å². The molecule has 1 heterocycles. The van der Waals surface area contributed by atoms with E-state index >= 15 is 0 Å². The van der Waals surface area contributed by atoms with E-state index in [1.807, 2.05) is 0 Å². The number of nitrogens with zero attached hydrogens (tertiary/aromatic N) is 1. The summed E-state index contributed by atoms with van der Waals surface area (Å²) >= 11 is 0. The summed E-state index contributed by atoms with van der Waals surface area (Å²) in [7, 11) is 0. The average molecular weight is 297 g/mol. The van der Waals surface area contributed by atoms with Crippen molar-refractivity contribution in [3.8, 4) is 0 Å². The molecule has 0 unspecified atom stereocenters. The van der Waals surface area contributed by atoms with E-state index in [1.54, 1.807) is 0 Å². The van der Waals surface area contributed by atoms with Crippen molar-refractivity contribution in [2.45, 2.75) is 72.0 Å². The molecule has 1 N–H and O–H groups in total. The molecule has 1 aliphatic carbocycles. The molecule has 0 aromatic heterocycles. The molecule has 0 amide bonds. The molecule has 21 heavy (non-hydrogen) atoms. The quantitative estimate of drug-likeness (QED) is 0.845. The van der Waals surface area contributed by atoms with E-state index < -0.39 is 0 Å². The molecule has 124 valence electrons. The Bertz CT molecular complexity index is 318. The maximum atomic E-state index is 10.2. The number of likely N-dealkylation sites (tertiary alicyclic amines) is 1.